The van der Waals surface area contributed by atoms with Gasteiger partial charge in [0.1, 0.15) is 5.65 Å². The fourth-order valence-corrected chi connectivity index (χ4v) is 5.76. The molecule has 186 valence electrons. The number of thioether (sulfide) groups is 1. The van der Waals surface area contributed by atoms with Crippen LogP contribution < -0.4 is 16.0 Å². The van der Waals surface area contributed by atoms with Crippen molar-refractivity contribution in [3.05, 3.63) is 111 Å². The van der Waals surface area contributed by atoms with E-state index in [9.17, 15) is 9.59 Å². The first-order chi connectivity index (χ1) is 18.2. The lowest BCUT2D eigenvalue weighted by molar-refractivity contribution is 0.578. The summed E-state index contributed by atoms with van der Waals surface area (Å²) in [6.07, 6.45) is 5.32. The molecule has 3 aromatic heterocycles. The van der Waals surface area contributed by atoms with Crippen molar-refractivity contribution >= 4 is 34.0 Å². The van der Waals surface area contributed by atoms with Crippen LogP contribution in [0.4, 0.5) is 5.69 Å². The maximum atomic E-state index is 13.9. The average molecular weight is 510 g/mol. The Morgan fingerprint density at radius 3 is 2.49 bits per heavy atom. The minimum atomic E-state index is -0.125. The number of rotatable bonds is 6. The van der Waals surface area contributed by atoms with Crippen LogP contribution in [0, 0.1) is 0 Å². The number of hydrogen-bond donors (Lipinski definition) is 0. The molecule has 7 nitrogen and oxygen atoms in total. The fraction of sp³-hybridized carbons (Fsp3) is 0.241. The molecule has 1 aliphatic rings. The molecule has 1 saturated heterocycles. The Balaban J connectivity index is 1.39. The highest BCUT2D eigenvalue weighted by Gasteiger charge is 2.16. The zero-order chi connectivity index (χ0) is 25.2. The van der Waals surface area contributed by atoms with Gasteiger partial charge in [0.25, 0.3) is 11.1 Å². The summed E-state index contributed by atoms with van der Waals surface area (Å²) < 4.78 is 3.27. The SMILES string of the molecule is O=c1c2cc(N3CCCCC3)ccc2nc(SCc2cc(=O)n3ccccc3n2)n1Cc1ccccc1. The molecule has 5 aromatic rings. The maximum Gasteiger partial charge on any atom is 0.262 e. The van der Waals surface area contributed by atoms with Crippen molar-refractivity contribution in [2.75, 3.05) is 18.0 Å². The van der Waals surface area contributed by atoms with E-state index in [0.717, 1.165) is 24.3 Å². The van der Waals surface area contributed by atoms with Gasteiger partial charge in [0, 0.05) is 36.8 Å². The van der Waals surface area contributed by atoms with Crippen LogP contribution >= 0.6 is 11.8 Å². The van der Waals surface area contributed by atoms with E-state index in [-0.39, 0.29) is 11.1 Å². The van der Waals surface area contributed by atoms with Crippen LogP contribution in [0.1, 0.15) is 30.5 Å². The Hall–Kier alpha value is -3.91. The molecular weight excluding hydrogens is 482 g/mol. The molecule has 1 aliphatic heterocycles. The monoisotopic (exact) mass is 509 g/mol. The van der Waals surface area contributed by atoms with Gasteiger partial charge in [0.05, 0.1) is 23.1 Å². The van der Waals surface area contributed by atoms with Gasteiger partial charge in [0.2, 0.25) is 0 Å². The third-order valence-corrected chi connectivity index (χ3v) is 7.79. The van der Waals surface area contributed by atoms with Crippen LogP contribution in [0.15, 0.2) is 93.7 Å². The van der Waals surface area contributed by atoms with Gasteiger partial charge in [-0.1, -0.05) is 48.2 Å². The molecule has 8 heteroatoms. The van der Waals surface area contributed by atoms with Crippen molar-refractivity contribution < 1.29 is 0 Å². The molecule has 0 N–H and O–H groups in total. The van der Waals surface area contributed by atoms with Crippen molar-refractivity contribution in [2.45, 2.75) is 36.7 Å². The first kappa shape index (κ1) is 23.5. The van der Waals surface area contributed by atoms with Crippen molar-refractivity contribution in [3.63, 3.8) is 0 Å². The lowest BCUT2D eigenvalue weighted by Gasteiger charge is -2.29. The summed E-state index contributed by atoms with van der Waals surface area (Å²) >= 11 is 1.43. The minimum Gasteiger partial charge on any atom is -0.372 e. The van der Waals surface area contributed by atoms with E-state index >= 15 is 0 Å². The summed E-state index contributed by atoms with van der Waals surface area (Å²) in [6.45, 7) is 2.46. The van der Waals surface area contributed by atoms with Gasteiger partial charge in [-0.25, -0.2) is 9.97 Å². The number of nitrogens with zero attached hydrogens (tertiary/aromatic N) is 5. The molecule has 2 aromatic carbocycles. The number of pyridine rings is 1. The molecule has 0 aliphatic carbocycles. The normalized spacial score (nSPS) is 13.9. The molecule has 0 unspecified atom stereocenters. The first-order valence-corrected chi connectivity index (χ1v) is 13.6. The van der Waals surface area contributed by atoms with Crippen LogP contribution in [0.25, 0.3) is 16.6 Å². The van der Waals surface area contributed by atoms with E-state index in [1.165, 1.54) is 35.4 Å². The van der Waals surface area contributed by atoms with Gasteiger partial charge >= 0.3 is 0 Å². The lowest BCUT2D eigenvalue weighted by atomic mass is 10.1. The molecule has 0 radical (unpaired) electrons. The van der Waals surface area contributed by atoms with Gasteiger partial charge in [0.15, 0.2) is 5.16 Å². The minimum absolute atomic E-state index is 0.0539. The molecule has 4 heterocycles. The number of fused-ring (bicyclic) bond motifs is 2. The smallest absolute Gasteiger partial charge is 0.262 e. The molecule has 1 fully saturated rings. The molecule has 0 atom stereocenters. The van der Waals surface area contributed by atoms with Crippen molar-refractivity contribution in [3.8, 4) is 0 Å². The largest absolute Gasteiger partial charge is 0.372 e. The van der Waals surface area contributed by atoms with Crippen LogP contribution in [-0.2, 0) is 12.3 Å². The zero-order valence-corrected chi connectivity index (χ0v) is 21.2. The molecular formula is C29H27N5O2S. The van der Waals surface area contributed by atoms with Crippen LogP contribution in [0.2, 0.25) is 0 Å². The number of hydrogen-bond acceptors (Lipinski definition) is 6. The third kappa shape index (κ3) is 4.89. The Morgan fingerprint density at radius 2 is 1.65 bits per heavy atom. The van der Waals surface area contributed by atoms with Gasteiger partial charge in [-0.05, 0) is 55.2 Å². The first-order valence-electron chi connectivity index (χ1n) is 12.6. The van der Waals surface area contributed by atoms with Gasteiger partial charge in [-0.3, -0.25) is 18.6 Å². The maximum absolute atomic E-state index is 13.9. The van der Waals surface area contributed by atoms with Crippen molar-refractivity contribution in [1.82, 2.24) is 18.9 Å². The summed E-state index contributed by atoms with van der Waals surface area (Å²) in [5.74, 6) is 0.430. The molecule has 0 bridgehead atoms. The molecule has 6 rings (SSSR count). The molecule has 0 spiro atoms. The predicted molar refractivity (Wildman–Crippen MR) is 149 cm³/mol. The second-order valence-corrected chi connectivity index (χ2v) is 10.3. The van der Waals surface area contributed by atoms with Crippen LogP contribution in [0.3, 0.4) is 0 Å². The quantitative estimate of drug-likeness (QED) is 0.243. The Morgan fingerprint density at radius 1 is 0.838 bits per heavy atom. The Kier molecular flexibility index (Phi) is 6.49. The van der Waals surface area contributed by atoms with E-state index in [1.54, 1.807) is 16.8 Å². The molecule has 37 heavy (non-hydrogen) atoms. The second kappa shape index (κ2) is 10.2. The van der Waals surface area contributed by atoms with Gasteiger partial charge in [-0.2, -0.15) is 0 Å². The zero-order valence-electron chi connectivity index (χ0n) is 20.4. The standard InChI is InChI=1S/C29H27N5O2S/c35-27-17-22(30-26-11-5-8-16-33(26)27)20-37-29-31-25-13-12-23(32-14-6-2-7-15-32)18-24(25)28(36)34(29)19-21-9-3-1-4-10-21/h1,3-5,8-13,16-18H,2,6-7,14-15,19-20H2. The van der Waals surface area contributed by atoms with Gasteiger partial charge < -0.3 is 4.90 Å². The Labute approximate surface area is 218 Å². The summed E-state index contributed by atoms with van der Waals surface area (Å²) in [5, 5.41) is 1.24. The third-order valence-electron chi connectivity index (χ3n) is 6.78. The molecule has 0 amide bonds. The predicted octanol–water partition coefficient (Wildman–Crippen LogP) is 4.74. The number of piperidine rings is 1. The van der Waals surface area contributed by atoms with Crippen molar-refractivity contribution in [2.24, 2.45) is 0 Å². The van der Waals surface area contributed by atoms with E-state index in [1.807, 2.05) is 60.7 Å². The number of anilines is 1. The van der Waals surface area contributed by atoms with E-state index < -0.39 is 0 Å². The molecule has 0 saturated carbocycles. The number of benzene rings is 2. The Bertz CT molecular complexity index is 1690. The van der Waals surface area contributed by atoms with Crippen LogP contribution in [0.5, 0.6) is 0 Å². The summed E-state index contributed by atoms with van der Waals surface area (Å²) in [4.78, 5) is 38.3. The highest BCUT2D eigenvalue weighted by atomic mass is 32.2. The topological polar surface area (TPSA) is 72.5 Å². The summed E-state index contributed by atoms with van der Waals surface area (Å²) in [5.41, 5.74) is 3.87. The van der Waals surface area contributed by atoms with Crippen molar-refractivity contribution in [1.29, 1.82) is 0 Å². The summed E-state index contributed by atoms with van der Waals surface area (Å²) in [7, 11) is 0. The lowest BCUT2D eigenvalue weighted by Crippen LogP contribution is -2.30. The van der Waals surface area contributed by atoms with E-state index in [2.05, 4.69) is 16.0 Å². The highest BCUT2D eigenvalue weighted by molar-refractivity contribution is 7.98. The number of aromatic nitrogens is 4. The fourth-order valence-electron chi connectivity index (χ4n) is 4.87. The van der Waals surface area contributed by atoms with Crippen LogP contribution in [-0.4, -0.2) is 32.0 Å². The average Bonchev–Trinajstić information content (AvgIpc) is 2.94. The van der Waals surface area contributed by atoms with Gasteiger partial charge in [-0.15, -0.1) is 0 Å². The summed E-state index contributed by atoms with van der Waals surface area (Å²) in [6, 6.07) is 23.0. The van der Waals surface area contributed by atoms with E-state index in [4.69, 9.17) is 4.98 Å². The van der Waals surface area contributed by atoms with E-state index in [0.29, 0.717) is 39.7 Å². The second-order valence-electron chi connectivity index (χ2n) is 9.32. The highest BCUT2D eigenvalue weighted by Crippen LogP contribution is 2.26.